The standard InChI is InChI=1S/C5H7N5O/c6-3-4-9(5(7)8-3)1-2-10(4)11/h1-2,11H,6H2,(H2,7,8). The van der Waals surface area contributed by atoms with Gasteiger partial charge in [-0.2, -0.15) is 9.71 Å². The molecule has 0 fully saturated rings. The molecule has 2 aromatic rings. The molecule has 0 amide bonds. The fourth-order valence-electron chi connectivity index (χ4n) is 1.03. The van der Waals surface area contributed by atoms with E-state index in [2.05, 4.69) is 4.98 Å². The van der Waals surface area contributed by atoms with Crippen LogP contribution in [-0.2, 0) is 0 Å². The van der Waals surface area contributed by atoms with E-state index in [1.165, 1.54) is 10.6 Å². The molecule has 6 nitrogen and oxygen atoms in total. The molecular weight excluding hydrogens is 146 g/mol. The van der Waals surface area contributed by atoms with Crippen molar-refractivity contribution >= 4 is 17.4 Å². The third-order valence-electron chi connectivity index (χ3n) is 1.51. The minimum atomic E-state index is 0.218. The zero-order chi connectivity index (χ0) is 8.01. The van der Waals surface area contributed by atoms with Crippen molar-refractivity contribution in [2.45, 2.75) is 0 Å². The van der Waals surface area contributed by atoms with Gasteiger partial charge in [-0.1, -0.05) is 0 Å². The number of anilines is 2. The molecule has 0 spiro atoms. The summed E-state index contributed by atoms with van der Waals surface area (Å²) in [5.74, 6) is 0.486. The van der Waals surface area contributed by atoms with E-state index in [0.29, 0.717) is 5.65 Å². The van der Waals surface area contributed by atoms with E-state index in [9.17, 15) is 0 Å². The Morgan fingerprint density at radius 2 is 2.09 bits per heavy atom. The number of fused-ring (bicyclic) bond motifs is 1. The fourth-order valence-corrected chi connectivity index (χ4v) is 1.03. The Morgan fingerprint density at radius 3 is 2.73 bits per heavy atom. The molecule has 0 aliphatic carbocycles. The Morgan fingerprint density at radius 1 is 1.36 bits per heavy atom. The quantitative estimate of drug-likeness (QED) is 0.446. The molecule has 0 saturated carbocycles. The Balaban J connectivity index is 2.98. The monoisotopic (exact) mass is 153 g/mol. The maximum atomic E-state index is 9.13. The summed E-state index contributed by atoms with van der Waals surface area (Å²) < 4.78 is 2.37. The third-order valence-corrected chi connectivity index (χ3v) is 1.51. The van der Waals surface area contributed by atoms with E-state index in [0.717, 1.165) is 4.73 Å². The molecule has 0 atom stereocenters. The van der Waals surface area contributed by atoms with Crippen molar-refractivity contribution in [1.29, 1.82) is 0 Å². The van der Waals surface area contributed by atoms with Crippen LogP contribution in [0.2, 0.25) is 0 Å². The Labute approximate surface area is 61.6 Å². The van der Waals surface area contributed by atoms with Crippen molar-refractivity contribution in [1.82, 2.24) is 14.1 Å². The highest BCUT2D eigenvalue weighted by molar-refractivity contribution is 5.65. The van der Waals surface area contributed by atoms with Crippen LogP contribution in [0.15, 0.2) is 12.4 Å². The summed E-state index contributed by atoms with van der Waals surface area (Å²) in [7, 11) is 0. The van der Waals surface area contributed by atoms with Gasteiger partial charge in [-0.15, -0.1) is 0 Å². The van der Waals surface area contributed by atoms with Crippen LogP contribution in [0.5, 0.6) is 0 Å². The second-order valence-electron chi connectivity index (χ2n) is 2.19. The fraction of sp³-hybridized carbons (Fsp3) is 0. The molecule has 0 aliphatic heterocycles. The zero-order valence-corrected chi connectivity index (χ0v) is 5.60. The molecule has 2 rings (SSSR count). The number of nitrogens with two attached hydrogens (primary N) is 2. The Hall–Kier alpha value is -1.85. The molecule has 0 saturated heterocycles. The smallest absolute Gasteiger partial charge is 0.208 e. The van der Waals surface area contributed by atoms with Crippen LogP contribution in [0.25, 0.3) is 5.65 Å². The van der Waals surface area contributed by atoms with Crippen LogP contribution in [-0.4, -0.2) is 19.3 Å². The van der Waals surface area contributed by atoms with E-state index in [-0.39, 0.29) is 11.8 Å². The van der Waals surface area contributed by atoms with E-state index >= 15 is 0 Å². The lowest BCUT2D eigenvalue weighted by molar-refractivity contribution is 0.199. The first-order chi connectivity index (χ1) is 5.20. The van der Waals surface area contributed by atoms with E-state index in [1.807, 2.05) is 0 Å². The number of hydrogen-bond donors (Lipinski definition) is 3. The van der Waals surface area contributed by atoms with Crippen molar-refractivity contribution < 1.29 is 5.21 Å². The van der Waals surface area contributed by atoms with Crippen molar-refractivity contribution in [2.75, 3.05) is 11.5 Å². The predicted octanol–water partition coefficient (Wildman–Crippen LogP) is -0.463. The largest absolute Gasteiger partial charge is 0.427 e. The number of aromatic nitrogens is 3. The van der Waals surface area contributed by atoms with Gasteiger partial charge in [0.1, 0.15) is 0 Å². The van der Waals surface area contributed by atoms with Gasteiger partial charge >= 0.3 is 0 Å². The molecule has 6 heteroatoms. The first kappa shape index (κ1) is 5.90. The van der Waals surface area contributed by atoms with Gasteiger partial charge in [0, 0.05) is 6.20 Å². The number of nitrogen functional groups attached to an aromatic ring is 2. The first-order valence-electron chi connectivity index (χ1n) is 3.00. The number of nitrogens with zero attached hydrogens (tertiary/aromatic N) is 3. The summed E-state index contributed by atoms with van der Waals surface area (Å²) >= 11 is 0. The van der Waals surface area contributed by atoms with Crippen LogP contribution >= 0.6 is 0 Å². The molecule has 2 heterocycles. The molecular formula is C5H7N5O. The van der Waals surface area contributed by atoms with Gasteiger partial charge in [-0.25, -0.2) is 0 Å². The lowest BCUT2D eigenvalue weighted by Crippen LogP contribution is -1.92. The van der Waals surface area contributed by atoms with Crippen LogP contribution in [0.1, 0.15) is 0 Å². The number of hydrogen-bond acceptors (Lipinski definition) is 4. The molecule has 0 aliphatic rings. The van der Waals surface area contributed by atoms with Gasteiger partial charge in [-0.3, -0.25) is 4.40 Å². The van der Waals surface area contributed by atoms with Crippen LogP contribution in [0.4, 0.5) is 11.8 Å². The first-order valence-corrected chi connectivity index (χ1v) is 3.00. The molecule has 5 N–H and O–H groups in total. The summed E-state index contributed by atoms with van der Waals surface area (Å²) in [6.07, 6.45) is 3.01. The molecule has 0 radical (unpaired) electrons. The molecule has 11 heavy (non-hydrogen) atoms. The molecule has 0 bridgehead atoms. The van der Waals surface area contributed by atoms with Crippen LogP contribution in [0, 0.1) is 0 Å². The highest BCUT2D eigenvalue weighted by atomic mass is 16.5. The highest BCUT2D eigenvalue weighted by Gasteiger charge is 2.08. The van der Waals surface area contributed by atoms with Gasteiger partial charge in [0.2, 0.25) is 5.95 Å². The molecule has 58 valence electrons. The van der Waals surface area contributed by atoms with Crippen molar-refractivity contribution in [2.24, 2.45) is 0 Å². The van der Waals surface area contributed by atoms with Gasteiger partial charge in [0.05, 0.1) is 6.20 Å². The van der Waals surface area contributed by atoms with Crippen LogP contribution < -0.4 is 11.5 Å². The lowest BCUT2D eigenvalue weighted by atomic mass is 10.7. The molecule has 0 aromatic carbocycles. The maximum Gasteiger partial charge on any atom is 0.208 e. The zero-order valence-electron chi connectivity index (χ0n) is 5.60. The molecule has 0 unspecified atom stereocenters. The SMILES string of the molecule is Nc1nc(N)n2ccn(O)c12. The summed E-state index contributed by atoms with van der Waals surface area (Å²) in [6.45, 7) is 0. The minimum Gasteiger partial charge on any atom is -0.427 e. The van der Waals surface area contributed by atoms with Crippen molar-refractivity contribution in [3.63, 3.8) is 0 Å². The van der Waals surface area contributed by atoms with Gasteiger partial charge < -0.3 is 16.7 Å². The normalized spacial score (nSPS) is 10.9. The maximum absolute atomic E-state index is 9.13. The minimum absolute atomic E-state index is 0.218. The molecule has 2 aromatic heterocycles. The number of imidazole rings is 2. The van der Waals surface area contributed by atoms with E-state index < -0.39 is 0 Å². The second kappa shape index (κ2) is 1.60. The Bertz CT molecular complexity index is 400. The van der Waals surface area contributed by atoms with Gasteiger partial charge in [0.15, 0.2) is 11.5 Å². The third kappa shape index (κ3) is 0.575. The average molecular weight is 153 g/mol. The summed E-state index contributed by atoms with van der Waals surface area (Å²) in [6, 6.07) is 0. The summed E-state index contributed by atoms with van der Waals surface area (Å²) in [4.78, 5) is 3.75. The van der Waals surface area contributed by atoms with Gasteiger partial charge in [0.25, 0.3) is 0 Å². The van der Waals surface area contributed by atoms with Crippen molar-refractivity contribution in [3.05, 3.63) is 12.4 Å². The predicted molar refractivity (Wildman–Crippen MR) is 39.2 cm³/mol. The lowest BCUT2D eigenvalue weighted by Gasteiger charge is -1.88. The van der Waals surface area contributed by atoms with E-state index in [1.54, 1.807) is 6.20 Å². The summed E-state index contributed by atoms with van der Waals surface area (Å²) in [5, 5.41) is 9.13. The summed E-state index contributed by atoms with van der Waals surface area (Å²) in [5.41, 5.74) is 11.3. The topological polar surface area (TPSA) is 94.5 Å². The highest BCUT2D eigenvalue weighted by Crippen LogP contribution is 2.15. The number of rotatable bonds is 0. The average Bonchev–Trinajstić information content (AvgIpc) is 2.41. The van der Waals surface area contributed by atoms with Crippen LogP contribution in [0.3, 0.4) is 0 Å². The second-order valence-corrected chi connectivity index (χ2v) is 2.19. The van der Waals surface area contributed by atoms with E-state index in [4.69, 9.17) is 16.7 Å². The Kier molecular flexibility index (Phi) is 0.857. The van der Waals surface area contributed by atoms with Crippen molar-refractivity contribution in [3.8, 4) is 0 Å². The van der Waals surface area contributed by atoms with Gasteiger partial charge in [-0.05, 0) is 0 Å².